The van der Waals surface area contributed by atoms with Crippen LogP contribution in [0.15, 0.2) is 30.6 Å². The van der Waals surface area contributed by atoms with Gasteiger partial charge in [0.15, 0.2) is 0 Å². The number of imidazole rings is 1. The van der Waals surface area contributed by atoms with Crippen LogP contribution in [0, 0.1) is 0 Å². The van der Waals surface area contributed by atoms with E-state index >= 15 is 0 Å². The number of hydrogen-bond donors (Lipinski definition) is 2. The Kier molecular flexibility index (Phi) is 3.86. The molecule has 0 spiro atoms. The van der Waals surface area contributed by atoms with E-state index < -0.39 is 12.0 Å². The Labute approximate surface area is 140 Å². The normalized spacial score (nSPS) is 21.3. The fourth-order valence-corrected chi connectivity index (χ4v) is 3.92. The highest BCUT2D eigenvalue weighted by atomic mass is 16.4. The molecule has 2 aliphatic rings. The van der Waals surface area contributed by atoms with Crippen LogP contribution >= 0.6 is 0 Å². The smallest absolute Gasteiger partial charge is 0.321 e. The van der Waals surface area contributed by atoms with Crippen molar-refractivity contribution in [3.63, 3.8) is 0 Å². The average molecular weight is 326 g/mol. The number of carboxylic acids is 1. The maximum Gasteiger partial charge on any atom is 0.321 e. The highest BCUT2D eigenvalue weighted by Crippen LogP contribution is 2.27. The second-order valence-corrected chi connectivity index (χ2v) is 6.74. The Morgan fingerprint density at radius 2 is 2.21 bits per heavy atom. The van der Waals surface area contributed by atoms with E-state index in [1.54, 1.807) is 0 Å². The lowest BCUT2D eigenvalue weighted by Crippen LogP contribution is -2.42. The van der Waals surface area contributed by atoms with Gasteiger partial charge in [0.1, 0.15) is 6.04 Å². The minimum atomic E-state index is -0.790. The predicted octanol–water partition coefficient (Wildman–Crippen LogP) is 1.000. The van der Waals surface area contributed by atoms with Crippen molar-refractivity contribution in [1.29, 1.82) is 0 Å². The number of benzene rings is 1. The summed E-state index contributed by atoms with van der Waals surface area (Å²) in [5.74, 6) is -0.790. The molecule has 24 heavy (non-hydrogen) atoms. The second kappa shape index (κ2) is 6.03. The number of nitrogens with zero attached hydrogens (tertiary/aromatic N) is 3. The summed E-state index contributed by atoms with van der Waals surface area (Å²) in [6.45, 7) is 1.40. The number of fused-ring (bicyclic) bond motifs is 3. The van der Waals surface area contributed by atoms with E-state index in [0.29, 0.717) is 13.0 Å². The molecule has 2 atom stereocenters. The lowest BCUT2D eigenvalue weighted by atomic mass is 9.99. The number of aryl methyl sites for hydroxylation is 1. The van der Waals surface area contributed by atoms with Crippen molar-refractivity contribution in [2.75, 3.05) is 13.1 Å². The van der Waals surface area contributed by atoms with Crippen molar-refractivity contribution >= 4 is 5.97 Å². The van der Waals surface area contributed by atoms with Crippen LogP contribution in [0.25, 0.3) is 5.69 Å². The number of para-hydroxylation sites is 1. The van der Waals surface area contributed by atoms with Crippen molar-refractivity contribution in [2.45, 2.75) is 37.8 Å². The molecule has 0 saturated carbocycles. The van der Waals surface area contributed by atoms with Gasteiger partial charge in [0.05, 0.1) is 12.0 Å². The molecule has 6 heteroatoms. The Bertz CT molecular complexity index is 770. The van der Waals surface area contributed by atoms with Crippen molar-refractivity contribution in [1.82, 2.24) is 14.5 Å². The van der Waals surface area contributed by atoms with Gasteiger partial charge in [0, 0.05) is 36.9 Å². The van der Waals surface area contributed by atoms with Crippen molar-refractivity contribution in [3.8, 4) is 5.69 Å². The van der Waals surface area contributed by atoms with Crippen molar-refractivity contribution in [3.05, 3.63) is 47.5 Å². The van der Waals surface area contributed by atoms with Crippen LogP contribution in [0.1, 0.15) is 23.4 Å². The van der Waals surface area contributed by atoms with Crippen LogP contribution in [0.5, 0.6) is 0 Å². The number of hydrogen-bond acceptors (Lipinski definition) is 4. The lowest BCUT2D eigenvalue weighted by Gasteiger charge is -2.24. The van der Waals surface area contributed by atoms with Gasteiger partial charge >= 0.3 is 5.97 Å². The van der Waals surface area contributed by atoms with E-state index in [4.69, 9.17) is 5.73 Å². The third kappa shape index (κ3) is 2.61. The van der Waals surface area contributed by atoms with Crippen LogP contribution < -0.4 is 5.73 Å². The molecule has 0 unspecified atom stereocenters. The molecular weight excluding hydrogens is 304 g/mol. The Hall–Kier alpha value is -2.18. The molecule has 1 saturated heterocycles. The molecule has 6 nitrogen and oxygen atoms in total. The zero-order valence-corrected chi connectivity index (χ0v) is 13.6. The SMILES string of the molecule is N[C@H]1CCN([C@@H](Cc2ncn3c2CCc2ccccc2-3)C(=O)O)C1. The first-order valence-corrected chi connectivity index (χ1v) is 8.49. The van der Waals surface area contributed by atoms with Gasteiger partial charge in [0.25, 0.3) is 0 Å². The van der Waals surface area contributed by atoms with E-state index in [2.05, 4.69) is 27.8 Å². The molecular formula is C18H22N4O2. The molecule has 1 aromatic carbocycles. The van der Waals surface area contributed by atoms with Gasteiger partial charge in [0.2, 0.25) is 0 Å². The topological polar surface area (TPSA) is 84.4 Å². The van der Waals surface area contributed by atoms with E-state index in [0.717, 1.165) is 42.9 Å². The molecule has 3 N–H and O–H groups in total. The number of likely N-dealkylation sites (tertiary alicyclic amines) is 1. The Morgan fingerprint density at radius 1 is 1.38 bits per heavy atom. The van der Waals surface area contributed by atoms with E-state index in [1.165, 1.54) is 5.56 Å². The summed E-state index contributed by atoms with van der Waals surface area (Å²) in [7, 11) is 0. The largest absolute Gasteiger partial charge is 0.480 e. The number of nitrogens with two attached hydrogens (primary N) is 1. The summed E-state index contributed by atoms with van der Waals surface area (Å²) < 4.78 is 2.11. The first-order valence-electron chi connectivity index (χ1n) is 8.49. The summed E-state index contributed by atoms with van der Waals surface area (Å²) in [6.07, 6.45) is 5.00. The Morgan fingerprint density at radius 3 is 2.96 bits per heavy atom. The molecule has 3 heterocycles. The van der Waals surface area contributed by atoms with E-state index in [1.807, 2.05) is 17.3 Å². The van der Waals surface area contributed by atoms with Crippen LogP contribution in [-0.2, 0) is 24.1 Å². The Balaban J connectivity index is 1.62. The van der Waals surface area contributed by atoms with Crippen LogP contribution in [0.3, 0.4) is 0 Å². The van der Waals surface area contributed by atoms with Crippen LogP contribution in [0.4, 0.5) is 0 Å². The number of rotatable bonds is 4. The molecule has 1 fully saturated rings. The number of carboxylic acid groups (broad SMARTS) is 1. The summed E-state index contributed by atoms with van der Waals surface area (Å²) >= 11 is 0. The van der Waals surface area contributed by atoms with Crippen LogP contribution in [-0.4, -0.2) is 50.7 Å². The summed E-state index contributed by atoms with van der Waals surface area (Å²) in [6, 6.07) is 7.85. The zero-order chi connectivity index (χ0) is 16.7. The van der Waals surface area contributed by atoms with Gasteiger partial charge in [-0.25, -0.2) is 4.98 Å². The number of aliphatic carboxylic acids is 1. The van der Waals surface area contributed by atoms with Gasteiger partial charge in [-0.1, -0.05) is 18.2 Å². The fraction of sp³-hybridized carbons (Fsp3) is 0.444. The lowest BCUT2D eigenvalue weighted by molar-refractivity contribution is -0.142. The standard InChI is InChI=1S/C18H22N4O2/c19-13-7-8-21(10-13)17(18(23)24)9-14-16-6-5-12-3-1-2-4-15(12)22(16)11-20-14/h1-4,11,13,17H,5-10,19H2,(H,23,24)/t13-,17-/m0/s1. The van der Waals surface area contributed by atoms with Gasteiger partial charge in [-0.3, -0.25) is 9.69 Å². The fourth-order valence-electron chi connectivity index (χ4n) is 3.92. The van der Waals surface area contributed by atoms with Gasteiger partial charge in [-0.05, 0) is 30.9 Å². The minimum Gasteiger partial charge on any atom is -0.480 e. The quantitative estimate of drug-likeness (QED) is 0.876. The third-order valence-corrected chi connectivity index (χ3v) is 5.20. The summed E-state index contributed by atoms with van der Waals surface area (Å²) in [5, 5.41) is 9.66. The highest BCUT2D eigenvalue weighted by Gasteiger charge is 2.33. The van der Waals surface area contributed by atoms with E-state index in [9.17, 15) is 9.90 Å². The molecule has 1 aromatic heterocycles. The molecule has 0 aliphatic carbocycles. The number of aromatic nitrogens is 2. The summed E-state index contributed by atoms with van der Waals surface area (Å²) in [4.78, 5) is 18.3. The molecule has 2 aliphatic heterocycles. The molecule has 0 bridgehead atoms. The first-order chi connectivity index (χ1) is 11.6. The summed E-state index contributed by atoms with van der Waals surface area (Å²) in [5.41, 5.74) is 10.5. The van der Waals surface area contributed by atoms with Crippen molar-refractivity contribution in [2.24, 2.45) is 5.73 Å². The third-order valence-electron chi connectivity index (χ3n) is 5.20. The molecule has 0 radical (unpaired) electrons. The predicted molar refractivity (Wildman–Crippen MR) is 90.3 cm³/mol. The van der Waals surface area contributed by atoms with E-state index in [-0.39, 0.29) is 6.04 Å². The second-order valence-electron chi connectivity index (χ2n) is 6.74. The molecule has 0 amide bonds. The zero-order valence-electron chi connectivity index (χ0n) is 13.6. The molecule has 126 valence electrons. The maximum absolute atomic E-state index is 11.8. The molecule has 4 rings (SSSR count). The molecule has 2 aromatic rings. The maximum atomic E-state index is 11.8. The monoisotopic (exact) mass is 326 g/mol. The minimum absolute atomic E-state index is 0.0784. The average Bonchev–Trinajstić information content (AvgIpc) is 3.18. The highest BCUT2D eigenvalue weighted by molar-refractivity contribution is 5.74. The van der Waals surface area contributed by atoms with Crippen molar-refractivity contribution < 1.29 is 9.90 Å². The van der Waals surface area contributed by atoms with Gasteiger partial charge in [-0.15, -0.1) is 0 Å². The first kappa shape index (κ1) is 15.4. The number of carbonyl (C=O) groups is 1. The van der Waals surface area contributed by atoms with Gasteiger partial charge < -0.3 is 15.4 Å². The van der Waals surface area contributed by atoms with Gasteiger partial charge in [-0.2, -0.15) is 0 Å². The van der Waals surface area contributed by atoms with Crippen LogP contribution in [0.2, 0.25) is 0 Å².